The highest BCUT2D eigenvalue weighted by atomic mass is 16.5. The lowest BCUT2D eigenvalue weighted by Gasteiger charge is -2.40. The number of carbonyl (C=O) groups excluding carboxylic acids is 1. The summed E-state index contributed by atoms with van der Waals surface area (Å²) in [6.07, 6.45) is 5.60. The molecule has 0 N–H and O–H groups in total. The maximum atomic E-state index is 12.4. The fourth-order valence-electron chi connectivity index (χ4n) is 4.74. The maximum absolute atomic E-state index is 12.4. The van der Waals surface area contributed by atoms with Gasteiger partial charge in [-0.2, -0.15) is 0 Å². The highest BCUT2D eigenvalue weighted by molar-refractivity contribution is 5.97. The van der Waals surface area contributed by atoms with Crippen molar-refractivity contribution in [2.45, 2.75) is 45.4 Å². The minimum Gasteiger partial charge on any atom is -0.497 e. The van der Waals surface area contributed by atoms with Gasteiger partial charge in [0, 0.05) is 18.1 Å². The summed E-state index contributed by atoms with van der Waals surface area (Å²) in [6, 6.07) is 4.12. The second-order valence-corrected chi connectivity index (χ2v) is 7.43. The standard InChI is InChI=1S/C21H24O3/c1-12-9-16-14(7-8-21(2)17(16)5-6-19(21)22)20-15(12)10-13(23-3)11-18(20)24-4/h5,10-12H,6-9H2,1-4H3/t12?,21-/m0/s1. The molecule has 0 spiro atoms. The Morgan fingerprint density at radius 3 is 2.67 bits per heavy atom. The SMILES string of the molecule is COc1cc(OC)c2c(c1)C(C)CC1=C2CC[C@]2(C)C(=O)CC=C12. The van der Waals surface area contributed by atoms with Crippen LogP contribution < -0.4 is 9.47 Å². The van der Waals surface area contributed by atoms with Crippen LogP contribution in [-0.4, -0.2) is 20.0 Å². The molecule has 0 saturated heterocycles. The van der Waals surface area contributed by atoms with Gasteiger partial charge in [-0.05, 0) is 60.5 Å². The monoisotopic (exact) mass is 324 g/mol. The third-order valence-electron chi connectivity index (χ3n) is 6.17. The van der Waals surface area contributed by atoms with Crippen molar-refractivity contribution >= 4 is 11.4 Å². The molecule has 24 heavy (non-hydrogen) atoms. The van der Waals surface area contributed by atoms with E-state index in [1.54, 1.807) is 14.2 Å². The topological polar surface area (TPSA) is 35.5 Å². The summed E-state index contributed by atoms with van der Waals surface area (Å²) in [6.45, 7) is 4.38. The Hall–Kier alpha value is -2.03. The van der Waals surface area contributed by atoms with Gasteiger partial charge in [0.1, 0.15) is 17.3 Å². The number of rotatable bonds is 2. The zero-order valence-electron chi connectivity index (χ0n) is 14.9. The lowest BCUT2D eigenvalue weighted by atomic mass is 9.64. The van der Waals surface area contributed by atoms with Crippen LogP contribution in [0.2, 0.25) is 0 Å². The molecule has 0 aromatic heterocycles. The zero-order chi connectivity index (χ0) is 17.1. The first kappa shape index (κ1) is 15.5. The van der Waals surface area contributed by atoms with Crippen LogP contribution in [-0.2, 0) is 4.79 Å². The minimum atomic E-state index is -0.268. The van der Waals surface area contributed by atoms with Crippen molar-refractivity contribution in [1.29, 1.82) is 0 Å². The average Bonchev–Trinajstić information content (AvgIpc) is 2.89. The first-order valence-electron chi connectivity index (χ1n) is 8.72. The molecule has 0 heterocycles. The Labute approximate surface area is 143 Å². The normalized spacial score (nSPS) is 28.1. The Morgan fingerprint density at radius 1 is 1.17 bits per heavy atom. The fourth-order valence-corrected chi connectivity index (χ4v) is 4.74. The molecule has 1 aromatic carbocycles. The van der Waals surface area contributed by atoms with Crippen LogP contribution >= 0.6 is 0 Å². The number of ketones is 1. The van der Waals surface area contributed by atoms with E-state index >= 15 is 0 Å². The van der Waals surface area contributed by atoms with Gasteiger partial charge in [0.25, 0.3) is 0 Å². The predicted molar refractivity (Wildman–Crippen MR) is 94.5 cm³/mol. The molecule has 3 heteroatoms. The number of methoxy groups -OCH3 is 2. The fraction of sp³-hybridized carbons (Fsp3) is 0.476. The summed E-state index contributed by atoms with van der Waals surface area (Å²) in [5, 5.41) is 0. The van der Waals surface area contributed by atoms with Gasteiger partial charge in [0.2, 0.25) is 0 Å². The van der Waals surface area contributed by atoms with Crippen LogP contribution in [0.15, 0.2) is 29.4 Å². The van der Waals surface area contributed by atoms with E-state index in [4.69, 9.17) is 9.47 Å². The van der Waals surface area contributed by atoms with Crippen LogP contribution in [0.5, 0.6) is 11.5 Å². The number of fused-ring (bicyclic) bond motifs is 4. The van der Waals surface area contributed by atoms with Crippen LogP contribution in [0.1, 0.15) is 56.6 Å². The Kier molecular flexibility index (Phi) is 3.38. The summed E-state index contributed by atoms with van der Waals surface area (Å²) >= 11 is 0. The summed E-state index contributed by atoms with van der Waals surface area (Å²) in [5.74, 6) is 2.50. The lowest BCUT2D eigenvalue weighted by molar-refractivity contribution is -0.124. The highest BCUT2D eigenvalue weighted by Crippen LogP contribution is 2.57. The molecule has 3 nitrogen and oxygen atoms in total. The molecule has 0 aliphatic heterocycles. The molecule has 3 aliphatic carbocycles. The van der Waals surface area contributed by atoms with E-state index in [1.807, 2.05) is 6.07 Å². The number of allylic oxidation sites excluding steroid dienone is 4. The molecule has 0 saturated carbocycles. The number of benzene rings is 1. The largest absolute Gasteiger partial charge is 0.497 e. The number of hydrogen-bond acceptors (Lipinski definition) is 3. The Bertz CT molecular complexity index is 800. The summed E-state index contributed by atoms with van der Waals surface area (Å²) in [7, 11) is 3.42. The van der Waals surface area contributed by atoms with Gasteiger partial charge in [-0.3, -0.25) is 4.79 Å². The van der Waals surface area contributed by atoms with Crippen LogP contribution in [0.25, 0.3) is 5.57 Å². The van der Waals surface area contributed by atoms with E-state index in [2.05, 4.69) is 26.0 Å². The molecule has 1 unspecified atom stereocenters. The number of carbonyl (C=O) groups is 1. The molecule has 2 atom stereocenters. The Balaban J connectivity index is 1.94. The van der Waals surface area contributed by atoms with Gasteiger partial charge in [-0.15, -0.1) is 0 Å². The average molecular weight is 324 g/mol. The van der Waals surface area contributed by atoms with Crippen LogP contribution in [0, 0.1) is 5.41 Å². The molecule has 1 aromatic rings. The Morgan fingerprint density at radius 2 is 1.96 bits per heavy atom. The van der Waals surface area contributed by atoms with E-state index in [0.717, 1.165) is 30.8 Å². The second kappa shape index (κ2) is 5.23. The molecular weight excluding hydrogens is 300 g/mol. The number of ether oxygens (including phenoxy) is 2. The van der Waals surface area contributed by atoms with Crippen molar-refractivity contribution in [3.05, 3.63) is 40.5 Å². The van der Waals surface area contributed by atoms with Crippen molar-refractivity contribution in [2.75, 3.05) is 14.2 Å². The van der Waals surface area contributed by atoms with E-state index in [9.17, 15) is 4.79 Å². The smallest absolute Gasteiger partial charge is 0.146 e. The van der Waals surface area contributed by atoms with E-state index in [-0.39, 0.29) is 5.41 Å². The van der Waals surface area contributed by atoms with Crippen LogP contribution in [0.3, 0.4) is 0 Å². The molecule has 0 amide bonds. The first-order chi connectivity index (χ1) is 11.5. The molecule has 0 bridgehead atoms. The second-order valence-electron chi connectivity index (χ2n) is 7.43. The van der Waals surface area contributed by atoms with Crippen molar-refractivity contribution < 1.29 is 14.3 Å². The minimum absolute atomic E-state index is 0.268. The molecular formula is C21H24O3. The zero-order valence-corrected chi connectivity index (χ0v) is 14.9. The molecule has 126 valence electrons. The van der Waals surface area contributed by atoms with Gasteiger partial charge in [-0.25, -0.2) is 0 Å². The van der Waals surface area contributed by atoms with E-state index in [0.29, 0.717) is 18.1 Å². The predicted octanol–water partition coefficient (Wildman–Crippen LogP) is 4.66. The third-order valence-corrected chi connectivity index (χ3v) is 6.17. The van der Waals surface area contributed by atoms with Crippen molar-refractivity contribution in [3.63, 3.8) is 0 Å². The van der Waals surface area contributed by atoms with Gasteiger partial charge in [0.15, 0.2) is 0 Å². The van der Waals surface area contributed by atoms with E-state index < -0.39 is 0 Å². The summed E-state index contributed by atoms with van der Waals surface area (Å²) in [4.78, 5) is 12.4. The van der Waals surface area contributed by atoms with Gasteiger partial charge < -0.3 is 9.47 Å². The van der Waals surface area contributed by atoms with Crippen molar-refractivity contribution in [2.24, 2.45) is 5.41 Å². The van der Waals surface area contributed by atoms with Gasteiger partial charge in [0.05, 0.1) is 19.6 Å². The van der Waals surface area contributed by atoms with E-state index in [1.165, 1.54) is 27.8 Å². The quantitative estimate of drug-likeness (QED) is 0.793. The highest BCUT2D eigenvalue weighted by Gasteiger charge is 2.46. The maximum Gasteiger partial charge on any atom is 0.146 e. The summed E-state index contributed by atoms with van der Waals surface area (Å²) in [5.41, 5.74) is 6.31. The lowest BCUT2D eigenvalue weighted by Crippen LogP contribution is -2.31. The molecule has 0 fully saturated rings. The third kappa shape index (κ3) is 1.93. The number of hydrogen-bond donors (Lipinski definition) is 0. The number of Topliss-reactive ketones (excluding diaryl/α,β-unsaturated/α-hetero) is 1. The molecule has 0 radical (unpaired) electrons. The van der Waals surface area contributed by atoms with Gasteiger partial charge >= 0.3 is 0 Å². The molecule has 3 aliphatic rings. The van der Waals surface area contributed by atoms with Crippen molar-refractivity contribution in [1.82, 2.24) is 0 Å². The molecule has 4 rings (SSSR count). The van der Waals surface area contributed by atoms with Crippen molar-refractivity contribution in [3.8, 4) is 11.5 Å². The first-order valence-corrected chi connectivity index (χ1v) is 8.72. The van der Waals surface area contributed by atoms with Gasteiger partial charge in [-0.1, -0.05) is 13.0 Å². The summed E-state index contributed by atoms with van der Waals surface area (Å²) < 4.78 is 11.2. The van der Waals surface area contributed by atoms with Crippen LogP contribution in [0.4, 0.5) is 0 Å².